The van der Waals surface area contributed by atoms with Crippen LogP contribution in [0, 0.1) is 64.0 Å². The van der Waals surface area contributed by atoms with Crippen LogP contribution in [0.3, 0.4) is 0 Å². The van der Waals surface area contributed by atoms with Crippen LogP contribution in [0.5, 0.6) is 0 Å². The van der Waals surface area contributed by atoms with Crippen LogP contribution in [0.2, 0.25) is 0 Å². The summed E-state index contributed by atoms with van der Waals surface area (Å²) < 4.78 is 294. The zero-order valence-electron chi connectivity index (χ0n) is 81.3. The van der Waals surface area contributed by atoms with E-state index in [4.69, 9.17) is 0 Å². The van der Waals surface area contributed by atoms with Crippen molar-refractivity contribution in [3.8, 4) is 0 Å². The largest absolute Gasteiger partial charge is 0.357 e. The molecule has 10 heterocycles. The SMILES string of the molecule is CCC(C)(F)CN1C(C)Cc2c([nH]c3cccc(F)c23)C1c1c(F)cc(Br)cc1F.CCC(F)(F)CN1C(C)Cc2c([nH]c3ccc(F)cc23)C1c1c(F)cc(Br)cc1F.CCC(F)(F)CN1C(C)Cc2c([nH]c3ccc(F)cc23)C1c1ccc(Br)cc1F.CCC(F)(F)CN1C(C)Cc2c([nH]c3cccc(F)c23)C1c1ccc(Br)cc1.CCC(F)(F)CN1C(C)Cc2c([nH]c3cccc(F)c23)C1c1ccc(Br)cc1F. The molecule has 15 aromatic rings. The lowest BCUT2D eigenvalue weighted by Crippen LogP contribution is -2.48. The van der Waals surface area contributed by atoms with Gasteiger partial charge in [0.25, 0.3) is 23.7 Å². The van der Waals surface area contributed by atoms with Crippen molar-refractivity contribution in [2.75, 3.05) is 32.7 Å². The predicted molar refractivity (Wildman–Crippen MR) is 551 cm³/mol. The van der Waals surface area contributed by atoms with Gasteiger partial charge in [0, 0.05) is 190 Å². The van der Waals surface area contributed by atoms with Gasteiger partial charge in [-0.3, -0.25) is 24.5 Å². The molecular weight excluding hydrogens is 2250 g/mol. The summed E-state index contributed by atoms with van der Waals surface area (Å²) >= 11 is 16.1. The normalized spacial score (nSPS) is 20.5. The number of hydrogen-bond acceptors (Lipinski definition) is 5. The Morgan fingerprint density at radius 1 is 0.274 bits per heavy atom. The van der Waals surface area contributed by atoms with Gasteiger partial charge in [0.15, 0.2) is 0 Å². The van der Waals surface area contributed by atoms with Crippen LogP contribution in [0.1, 0.15) is 223 Å². The summed E-state index contributed by atoms with van der Waals surface area (Å²) in [5, 5.41) is 2.78. The van der Waals surface area contributed by atoms with Crippen molar-refractivity contribution in [1.29, 1.82) is 0 Å². The number of fused-ring (bicyclic) bond motifs is 15. The first-order valence-corrected chi connectivity index (χ1v) is 52.3. The first kappa shape index (κ1) is 109. The van der Waals surface area contributed by atoms with E-state index >= 15 is 13.2 Å². The molecule has 0 amide bonds. The van der Waals surface area contributed by atoms with Crippen LogP contribution in [0.15, 0.2) is 198 Å². The summed E-state index contributed by atoms with van der Waals surface area (Å²) in [4.78, 5) is 24.4. The van der Waals surface area contributed by atoms with Crippen molar-refractivity contribution in [3.63, 3.8) is 0 Å². The number of rotatable bonds is 20. The topological polar surface area (TPSA) is 95.2 Å². The molecule has 0 spiro atoms. The number of nitrogens with zero attached hydrogens (tertiary/aromatic N) is 5. The van der Waals surface area contributed by atoms with E-state index in [1.54, 1.807) is 95.3 Å². The first-order valence-electron chi connectivity index (χ1n) is 48.4. The number of nitrogens with one attached hydrogen (secondary N) is 5. The number of aromatic amines is 5. The van der Waals surface area contributed by atoms with Gasteiger partial charge >= 0.3 is 0 Å². The molecule has 11 unspecified atom stereocenters. The van der Waals surface area contributed by atoms with E-state index < -0.39 is 120 Å². The van der Waals surface area contributed by atoms with E-state index in [1.165, 1.54) is 106 Å². The van der Waals surface area contributed by atoms with Gasteiger partial charge in [-0.1, -0.05) is 157 Å². The average molecular weight is 2360 g/mol. The van der Waals surface area contributed by atoms with Gasteiger partial charge in [0.1, 0.15) is 69.7 Å². The molecule has 5 N–H and O–H groups in total. The van der Waals surface area contributed by atoms with Gasteiger partial charge in [0.2, 0.25) is 0 Å². The maximum absolute atomic E-state index is 15.1. The summed E-state index contributed by atoms with van der Waals surface area (Å²) in [5.74, 6) is -17.5. The summed E-state index contributed by atoms with van der Waals surface area (Å²) in [6.07, 6.45) is 1.29. The second-order valence-corrected chi connectivity index (χ2v) is 43.7. The summed E-state index contributed by atoms with van der Waals surface area (Å²) in [6.45, 7) is 16.3. The molecule has 0 saturated heterocycles. The third-order valence-corrected chi connectivity index (χ3v) is 31.6. The Bertz CT molecular complexity index is 7280. The van der Waals surface area contributed by atoms with Crippen LogP contribution < -0.4 is 0 Å². The molecule has 20 rings (SSSR count). The molecule has 0 fully saturated rings. The Kier molecular flexibility index (Phi) is 32.6. The number of hydrogen-bond donors (Lipinski definition) is 5. The van der Waals surface area contributed by atoms with Crippen LogP contribution >= 0.6 is 79.6 Å². The highest BCUT2D eigenvalue weighted by atomic mass is 79.9. The van der Waals surface area contributed by atoms with Crippen molar-refractivity contribution < 1.29 is 87.8 Å². The maximum Gasteiger partial charge on any atom is 0.260 e. The van der Waals surface area contributed by atoms with Crippen molar-refractivity contribution in [1.82, 2.24) is 49.4 Å². The second kappa shape index (κ2) is 43.6. The van der Waals surface area contributed by atoms with Crippen LogP contribution in [-0.4, -0.2) is 142 Å². The number of halogens is 25. The highest BCUT2D eigenvalue weighted by Crippen LogP contribution is 2.52. The third-order valence-electron chi connectivity index (χ3n) is 29.2. The number of H-pyrrole nitrogens is 5. The van der Waals surface area contributed by atoms with E-state index in [0.717, 1.165) is 55.5 Å². The maximum atomic E-state index is 15.1. The van der Waals surface area contributed by atoms with Crippen molar-refractivity contribution in [2.24, 2.45) is 0 Å². The molecule has 0 saturated carbocycles. The average Bonchev–Trinajstić information content (AvgIpc) is 1.56. The molecule has 10 aromatic carbocycles. The summed E-state index contributed by atoms with van der Waals surface area (Å²) in [5.41, 5.74) is 9.54. The monoisotopic (exact) mass is 2350 g/mol. The number of aromatic nitrogens is 5. The quantitative estimate of drug-likeness (QED) is 0.0490. The van der Waals surface area contributed by atoms with E-state index in [2.05, 4.69) is 105 Å². The minimum Gasteiger partial charge on any atom is -0.357 e. The highest BCUT2D eigenvalue weighted by Gasteiger charge is 2.50. The number of benzene rings is 10. The molecule has 776 valence electrons. The molecule has 146 heavy (non-hydrogen) atoms. The van der Waals surface area contributed by atoms with Gasteiger partial charge in [0.05, 0.1) is 56.4 Å². The molecule has 5 aliphatic heterocycles. The van der Waals surface area contributed by atoms with Crippen molar-refractivity contribution in [2.45, 2.75) is 230 Å². The zero-order chi connectivity index (χ0) is 105. The van der Waals surface area contributed by atoms with Crippen molar-refractivity contribution >= 4 is 134 Å². The molecule has 0 aliphatic carbocycles. The van der Waals surface area contributed by atoms with Gasteiger partial charge in [-0.2, -0.15) is 0 Å². The highest BCUT2D eigenvalue weighted by molar-refractivity contribution is 9.11. The molecule has 0 bridgehead atoms. The lowest BCUT2D eigenvalue weighted by molar-refractivity contribution is -0.0553. The molecule has 5 aliphatic rings. The fourth-order valence-electron chi connectivity index (χ4n) is 21.4. The standard InChI is InChI=1S/C23H23BrF4N2.C22H20BrF5N2.2C22H21BrF4N2.C22H22BrF3N2/c1-4-23(3,28)11-30-12(2)8-14-19-15(25)6-5-7-18(19)29-21(14)22(30)20-16(26)9-13(24)10-17(20)27;1-3-22(27,28)10-30-11(2)6-15-14-9-13(24)4-5-18(14)29-20(15)21(30)19-16(25)7-12(23)8-17(19)26;1-3-22(26,27)11-29-12(2)8-17-16-10-14(24)5-7-19(16)28-20(17)21(29)15-6-4-13(23)9-18(15)25;1-3-22(26,27)11-29-12(2)9-15-19-16(24)5-4-6-18(19)28-20(15)21(29)14-8-7-13(23)10-17(14)25;1-3-22(25,26)12-28-13(2)11-16-19-17(24)5-4-6-18(19)27-20(16)21(28)14-7-9-15(23)10-8-14/h5-7,9-10,12,22,29H,4,8,11H2,1-3H3;4-5,7-9,11,21,29H,3,6,10H2,1-2H3;4-7,9-10,12,21,28H,3,8,11H2,1-2H3;4-8,10,12,21,28H,3,9,11H2,1-2H3;4-10,13,21,27H,3,11-12H2,1-2H3. The van der Waals surface area contributed by atoms with Gasteiger partial charge in [-0.25, -0.2) is 87.8 Å². The predicted octanol–water partition coefficient (Wildman–Crippen LogP) is 33.2. The van der Waals surface area contributed by atoms with E-state index in [0.29, 0.717) is 130 Å². The lowest BCUT2D eigenvalue weighted by Gasteiger charge is -2.43. The smallest absolute Gasteiger partial charge is 0.260 e. The minimum absolute atomic E-state index is 0.00155. The van der Waals surface area contributed by atoms with Gasteiger partial charge in [-0.15, -0.1) is 0 Å². The molecule has 10 nitrogen and oxygen atoms in total. The third kappa shape index (κ3) is 22.6. The first-order chi connectivity index (χ1) is 68.9. The van der Waals surface area contributed by atoms with E-state index in [-0.39, 0.29) is 119 Å². The molecule has 0 radical (unpaired) electrons. The fraction of sp³-hybridized carbons (Fsp3) is 0.369. The minimum atomic E-state index is -3.02. The lowest BCUT2D eigenvalue weighted by atomic mass is 9.86. The Morgan fingerprint density at radius 2 is 0.548 bits per heavy atom. The number of alkyl halides is 9. The Morgan fingerprint density at radius 3 is 0.877 bits per heavy atom. The molecule has 11 atom stereocenters. The Labute approximate surface area is 874 Å². The van der Waals surface area contributed by atoms with Crippen molar-refractivity contribution in [3.05, 3.63) is 346 Å². The van der Waals surface area contributed by atoms with Crippen LogP contribution in [-0.2, 0) is 32.1 Å². The second-order valence-electron chi connectivity index (χ2n) is 39.1. The Hall–Kier alpha value is -9.30. The van der Waals surface area contributed by atoms with Gasteiger partial charge in [-0.05, 0) is 247 Å². The molecular formula is C111H107Br5F20N10. The van der Waals surface area contributed by atoms with E-state index in [1.807, 2.05) is 62.9 Å². The molecule has 5 aromatic heterocycles. The fourth-order valence-corrected chi connectivity index (χ4v) is 23.1. The van der Waals surface area contributed by atoms with Crippen LogP contribution in [0.25, 0.3) is 54.5 Å². The Balaban J connectivity index is 0.000000131. The summed E-state index contributed by atoms with van der Waals surface area (Å²) in [6, 6.07) is 39.4. The van der Waals surface area contributed by atoms with Crippen LogP contribution in [0.4, 0.5) is 87.8 Å². The van der Waals surface area contributed by atoms with Gasteiger partial charge < -0.3 is 24.9 Å². The van der Waals surface area contributed by atoms with E-state index in [9.17, 15) is 74.6 Å². The zero-order valence-corrected chi connectivity index (χ0v) is 89.2. The summed E-state index contributed by atoms with van der Waals surface area (Å²) in [7, 11) is 0. The molecule has 35 heteroatoms.